The van der Waals surface area contributed by atoms with Crippen molar-refractivity contribution in [3.8, 4) is 5.75 Å². The highest BCUT2D eigenvalue weighted by Crippen LogP contribution is 2.16. The second-order valence-electron chi connectivity index (χ2n) is 6.84. The van der Waals surface area contributed by atoms with Gasteiger partial charge in [0.2, 0.25) is 0 Å². The second-order valence-corrected chi connectivity index (χ2v) is 6.84. The Morgan fingerprint density at radius 1 is 1.32 bits per heavy atom. The van der Waals surface area contributed by atoms with Crippen LogP contribution in [0.5, 0.6) is 5.75 Å². The van der Waals surface area contributed by atoms with Gasteiger partial charge in [0.1, 0.15) is 5.75 Å². The number of rotatable bonds is 8. The molecule has 1 unspecified atom stereocenters. The van der Waals surface area contributed by atoms with Gasteiger partial charge in [0, 0.05) is 32.2 Å². The van der Waals surface area contributed by atoms with Crippen LogP contribution < -0.4 is 10.6 Å². The van der Waals surface area contributed by atoms with E-state index < -0.39 is 0 Å². The van der Waals surface area contributed by atoms with Gasteiger partial charge in [0.15, 0.2) is 5.96 Å². The first-order valence-corrected chi connectivity index (χ1v) is 9.73. The van der Waals surface area contributed by atoms with Crippen LogP contribution in [0, 0.1) is 0 Å². The van der Waals surface area contributed by atoms with Crippen molar-refractivity contribution in [1.82, 2.24) is 15.5 Å². The molecule has 1 atom stereocenters. The van der Waals surface area contributed by atoms with Gasteiger partial charge in [-0.2, -0.15) is 0 Å². The summed E-state index contributed by atoms with van der Waals surface area (Å²) >= 11 is 0. The Bertz CT molecular complexity index is 532. The number of piperidine rings is 1. The van der Waals surface area contributed by atoms with Gasteiger partial charge in [0.25, 0.3) is 0 Å². The first-order valence-electron chi connectivity index (χ1n) is 9.73. The Morgan fingerprint density at radius 3 is 2.96 bits per heavy atom. The number of benzene rings is 1. The molecule has 0 amide bonds. The van der Waals surface area contributed by atoms with Crippen LogP contribution in [0.4, 0.5) is 0 Å². The van der Waals surface area contributed by atoms with Crippen LogP contribution in [0.2, 0.25) is 0 Å². The molecule has 1 fully saturated rings. The average Bonchev–Trinajstić information content (AvgIpc) is 2.60. The molecule has 1 aromatic carbocycles. The third-order valence-corrected chi connectivity index (χ3v) is 4.77. The molecule has 25 heavy (non-hydrogen) atoms. The number of phenolic OH excluding ortho intramolecular Hbond substituents is 1. The Morgan fingerprint density at radius 2 is 2.20 bits per heavy atom. The Balaban J connectivity index is 1.70. The van der Waals surface area contributed by atoms with Crippen LogP contribution >= 0.6 is 0 Å². The van der Waals surface area contributed by atoms with Crippen LogP contribution in [0.15, 0.2) is 29.3 Å². The molecule has 2 rings (SSSR count). The summed E-state index contributed by atoms with van der Waals surface area (Å²) in [6.45, 7) is 9.34. The normalized spacial score (nSPS) is 19.0. The van der Waals surface area contributed by atoms with Crippen LogP contribution in [0.3, 0.4) is 0 Å². The number of nitrogens with one attached hydrogen (secondary N) is 2. The molecule has 5 nitrogen and oxygen atoms in total. The lowest BCUT2D eigenvalue weighted by Gasteiger charge is -2.33. The lowest BCUT2D eigenvalue weighted by Crippen LogP contribution is -2.39. The summed E-state index contributed by atoms with van der Waals surface area (Å²) in [5.74, 6) is 1.21. The van der Waals surface area contributed by atoms with Crippen molar-refractivity contribution in [2.24, 2.45) is 4.99 Å². The minimum Gasteiger partial charge on any atom is -0.508 e. The van der Waals surface area contributed by atoms with E-state index >= 15 is 0 Å². The quantitative estimate of drug-likeness (QED) is 0.385. The van der Waals surface area contributed by atoms with Gasteiger partial charge in [-0.3, -0.25) is 4.99 Å². The SMILES string of the molecule is CCNC(=NCCCN1CCCCC1C)NCCc1cccc(O)c1. The van der Waals surface area contributed by atoms with Crippen molar-refractivity contribution in [3.05, 3.63) is 29.8 Å². The maximum Gasteiger partial charge on any atom is 0.191 e. The number of likely N-dealkylation sites (tertiary alicyclic amines) is 1. The van der Waals surface area contributed by atoms with Gasteiger partial charge in [-0.05, 0) is 63.8 Å². The van der Waals surface area contributed by atoms with E-state index in [2.05, 4.69) is 29.4 Å². The Kier molecular flexibility index (Phi) is 8.60. The molecule has 0 radical (unpaired) electrons. The summed E-state index contributed by atoms with van der Waals surface area (Å²) in [5, 5.41) is 16.2. The van der Waals surface area contributed by atoms with E-state index in [9.17, 15) is 5.11 Å². The van der Waals surface area contributed by atoms with Crippen molar-refractivity contribution < 1.29 is 5.11 Å². The maximum absolute atomic E-state index is 9.51. The van der Waals surface area contributed by atoms with Gasteiger partial charge in [-0.1, -0.05) is 18.6 Å². The van der Waals surface area contributed by atoms with Crippen LogP contribution in [-0.4, -0.2) is 54.7 Å². The van der Waals surface area contributed by atoms with Crippen molar-refractivity contribution >= 4 is 5.96 Å². The fraction of sp³-hybridized carbons (Fsp3) is 0.650. The van der Waals surface area contributed by atoms with E-state index in [1.165, 1.54) is 25.8 Å². The first kappa shape index (κ1) is 19.6. The first-order chi connectivity index (χ1) is 12.2. The molecule has 0 spiro atoms. The third-order valence-electron chi connectivity index (χ3n) is 4.77. The average molecular weight is 347 g/mol. The summed E-state index contributed by atoms with van der Waals surface area (Å²) < 4.78 is 0. The predicted octanol–water partition coefficient (Wildman–Crippen LogP) is 2.75. The van der Waals surface area contributed by atoms with Gasteiger partial charge in [-0.25, -0.2) is 0 Å². The molecule has 0 aromatic heterocycles. The predicted molar refractivity (Wildman–Crippen MR) is 105 cm³/mol. The van der Waals surface area contributed by atoms with Gasteiger partial charge < -0.3 is 20.6 Å². The van der Waals surface area contributed by atoms with E-state index in [1.807, 2.05) is 18.2 Å². The summed E-state index contributed by atoms with van der Waals surface area (Å²) in [4.78, 5) is 7.29. The molecule has 0 aliphatic carbocycles. The molecule has 1 heterocycles. The van der Waals surface area contributed by atoms with E-state index in [0.29, 0.717) is 5.75 Å². The maximum atomic E-state index is 9.51. The molecule has 1 saturated heterocycles. The van der Waals surface area contributed by atoms with Crippen molar-refractivity contribution in [1.29, 1.82) is 0 Å². The molecule has 0 saturated carbocycles. The fourth-order valence-electron chi connectivity index (χ4n) is 3.33. The molecular formula is C20H34N4O. The summed E-state index contributed by atoms with van der Waals surface area (Å²) in [5.41, 5.74) is 1.13. The second kappa shape index (κ2) is 11.0. The number of guanidine groups is 1. The molecular weight excluding hydrogens is 312 g/mol. The van der Waals surface area contributed by atoms with Crippen molar-refractivity contribution in [2.45, 2.75) is 52.0 Å². The van der Waals surface area contributed by atoms with E-state index in [0.717, 1.165) is 56.6 Å². The van der Waals surface area contributed by atoms with Crippen LogP contribution in [0.25, 0.3) is 0 Å². The highest BCUT2D eigenvalue weighted by molar-refractivity contribution is 5.79. The van der Waals surface area contributed by atoms with Crippen molar-refractivity contribution in [3.63, 3.8) is 0 Å². The highest BCUT2D eigenvalue weighted by atomic mass is 16.3. The number of phenols is 1. The number of nitrogens with zero attached hydrogens (tertiary/aromatic N) is 2. The zero-order valence-corrected chi connectivity index (χ0v) is 15.8. The number of aliphatic imine (C=N–C) groups is 1. The number of aromatic hydroxyl groups is 1. The minimum absolute atomic E-state index is 0.324. The van der Waals surface area contributed by atoms with Crippen molar-refractivity contribution in [2.75, 3.05) is 32.7 Å². The number of hydrogen-bond acceptors (Lipinski definition) is 3. The fourth-order valence-corrected chi connectivity index (χ4v) is 3.33. The summed E-state index contributed by atoms with van der Waals surface area (Å²) in [6, 6.07) is 8.15. The van der Waals surface area contributed by atoms with Gasteiger partial charge in [0.05, 0.1) is 0 Å². The minimum atomic E-state index is 0.324. The largest absolute Gasteiger partial charge is 0.508 e. The third kappa shape index (κ3) is 7.34. The van der Waals surface area contributed by atoms with Crippen LogP contribution in [-0.2, 0) is 6.42 Å². The Hall–Kier alpha value is -1.75. The molecule has 5 heteroatoms. The zero-order valence-electron chi connectivity index (χ0n) is 15.8. The molecule has 140 valence electrons. The lowest BCUT2D eigenvalue weighted by molar-refractivity contribution is 0.160. The molecule has 1 aliphatic rings. The molecule has 0 bridgehead atoms. The summed E-state index contributed by atoms with van der Waals surface area (Å²) in [6.07, 6.45) is 6.02. The Labute approximate surface area is 152 Å². The lowest BCUT2D eigenvalue weighted by atomic mass is 10.0. The number of hydrogen-bond donors (Lipinski definition) is 3. The molecule has 1 aliphatic heterocycles. The monoisotopic (exact) mass is 346 g/mol. The zero-order chi connectivity index (χ0) is 17.9. The van der Waals surface area contributed by atoms with E-state index in [1.54, 1.807) is 6.07 Å². The molecule has 1 aromatic rings. The van der Waals surface area contributed by atoms with E-state index in [4.69, 9.17) is 4.99 Å². The standard InChI is InChI=1S/C20H34N4O/c1-3-21-20(23-13-11-18-9-6-10-19(25)16-18)22-12-7-15-24-14-5-4-8-17(24)2/h6,9-10,16-17,25H,3-5,7-8,11-15H2,1-2H3,(H2,21,22,23). The van der Waals surface area contributed by atoms with E-state index in [-0.39, 0.29) is 0 Å². The molecule has 3 N–H and O–H groups in total. The van der Waals surface area contributed by atoms with Gasteiger partial charge in [-0.15, -0.1) is 0 Å². The topological polar surface area (TPSA) is 59.9 Å². The highest BCUT2D eigenvalue weighted by Gasteiger charge is 2.16. The summed E-state index contributed by atoms with van der Waals surface area (Å²) in [7, 11) is 0. The van der Waals surface area contributed by atoms with Gasteiger partial charge >= 0.3 is 0 Å². The van der Waals surface area contributed by atoms with Crippen LogP contribution in [0.1, 0.15) is 45.1 Å². The smallest absolute Gasteiger partial charge is 0.191 e.